The van der Waals surface area contributed by atoms with Crippen LogP contribution in [0.4, 0.5) is 5.13 Å². The number of carbonyl (C=O) groups excluding carboxylic acids is 1. The van der Waals surface area contributed by atoms with Crippen LogP contribution in [0, 0.1) is 6.92 Å². The van der Waals surface area contributed by atoms with Gasteiger partial charge in [0.25, 0.3) is 5.91 Å². The quantitative estimate of drug-likeness (QED) is 0.705. The first-order valence-electron chi connectivity index (χ1n) is 8.80. The summed E-state index contributed by atoms with van der Waals surface area (Å²) in [6, 6.07) is 11.9. The molecule has 0 atom stereocenters. The van der Waals surface area contributed by atoms with E-state index in [1.165, 1.54) is 39.9 Å². The Morgan fingerprint density at radius 1 is 1.14 bits per heavy atom. The Balaban J connectivity index is 1.50. The van der Waals surface area contributed by atoms with Gasteiger partial charge in [-0.3, -0.25) is 10.1 Å². The smallest absolute Gasteiger partial charge is 0.257 e. The first-order valence-corrected chi connectivity index (χ1v) is 11.1. The largest absolute Gasteiger partial charge is 0.379 e. The van der Waals surface area contributed by atoms with Crippen LogP contribution >= 0.6 is 11.3 Å². The van der Waals surface area contributed by atoms with Crippen molar-refractivity contribution in [3.8, 4) is 0 Å². The normalized spacial score (nSPS) is 15.6. The summed E-state index contributed by atoms with van der Waals surface area (Å²) in [6.45, 7) is 3.45. The second-order valence-electron chi connectivity index (χ2n) is 6.49. The predicted octanol–water partition coefficient (Wildman–Crippen LogP) is 2.88. The highest BCUT2D eigenvalue weighted by atomic mass is 32.2. The Morgan fingerprint density at radius 2 is 1.86 bits per heavy atom. The molecule has 146 valence electrons. The summed E-state index contributed by atoms with van der Waals surface area (Å²) in [4.78, 5) is 17.1. The van der Waals surface area contributed by atoms with Crippen molar-refractivity contribution in [2.45, 2.75) is 11.8 Å². The maximum atomic E-state index is 12.6. The van der Waals surface area contributed by atoms with Crippen molar-refractivity contribution < 1.29 is 17.9 Å². The van der Waals surface area contributed by atoms with Gasteiger partial charge < -0.3 is 4.74 Å². The van der Waals surface area contributed by atoms with E-state index in [-0.39, 0.29) is 10.8 Å². The van der Waals surface area contributed by atoms with Crippen LogP contribution in [0.5, 0.6) is 0 Å². The Bertz CT molecular complexity index is 1120. The first-order chi connectivity index (χ1) is 13.4. The lowest BCUT2D eigenvalue weighted by atomic mass is 10.2. The van der Waals surface area contributed by atoms with Crippen LogP contribution in [0.2, 0.25) is 0 Å². The van der Waals surface area contributed by atoms with Gasteiger partial charge in [-0.2, -0.15) is 4.31 Å². The number of sulfonamides is 1. The standard InChI is InChI=1S/C19H19N3O4S2/c1-13-2-7-16-17(12-13)27-19(20-16)21-18(23)14-3-5-15(6-4-14)28(24,25)22-8-10-26-11-9-22/h2-7,12H,8-11H2,1H3,(H,20,21,23). The maximum absolute atomic E-state index is 12.6. The molecule has 1 aromatic heterocycles. The van der Waals surface area contributed by atoms with Crippen molar-refractivity contribution in [3.05, 3.63) is 53.6 Å². The highest BCUT2D eigenvalue weighted by Gasteiger charge is 2.26. The van der Waals surface area contributed by atoms with Gasteiger partial charge in [-0.15, -0.1) is 0 Å². The van der Waals surface area contributed by atoms with Crippen LogP contribution in [0.15, 0.2) is 47.4 Å². The Hall–Kier alpha value is -2.33. The number of hydrogen-bond acceptors (Lipinski definition) is 6. The molecule has 4 rings (SSSR count). The van der Waals surface area contributed by atoms with Gasteiger partial charge in [-0.05, 0) is 48.9 Å². The second-order valence-corrected chi connectivity index (χ2v) is 9.45. The molecule has 1 saturated heterocycles. The molecule has 0 bridgehead atoms. The average molecular weight is 418 g/mol. The van der Waals surface area contributed by atoms with Gasteiger partial charge in [-0.25, -0.2) is 13.4 Å². The number of aryl methyl sites for hydroxylation is 1. The van der Waals surface area contributed by atoms with Crippen molar-refractivity contribution in [1.29, 1.82) is 0 Å². The maximum Gasteiger partial charge on any atom is 0.257 e. The third-order valence-electron chi connectivity index (χ3n) is 4.49. The summed E-state index contributed by atoms with van der Waals surface area (Å²) in [6.07, 6.45) is 0. The van der Waals surface area contributed by atoms with E-state index < -0.39 is 10.0 Å². The van der Waals surface area contributed by atoms with Gasteiger partial charge in [0.1, 0.15) is 0 Å². The molecule has 1 aliphatic heterocycles. The monoisotopic (exact) mass is 417 g/mol. The molecule has 0 spiro atoms. The lowest BCUT2D eigenvalue weighted by Crippen LogP contribution is -2.40. The molecule has 1 fully saturated rings. The number of nitrogens with zero attached hydrogens (tertiary/aromatic N) is 2. The SMILES string of the molecule is Cc1ccc2nc(NC(=O)c3ccc(S(=O)(=O)N4CCOCC4)cc3)sc2c1. The average Bonchev–Trinajstić information content (AvgIpc) is 3.10. The van der Waals surface area contributed by atoms with Gasteiger partial charge in [0.2, 0.25) is 10.0 Å². The highest BCUT2D eigenvalue weighted by Crippen LogP contribution is 2.27. The van der Waals surface area contributed by atoms with Crippen LogP contribution in [0.3, 0.4) is 0 Å². The molecule has 0 radical (unpaired) electrons. The zero-order valence-corrected chi connectivity index (χ0v) is 16.8. The Morgan fingerprint density at radius 3 is 2.57 bits per heavy atom. The number of aromatic nitrogens is 1. The van der Waals surface area contributed by atoms with Gasteiger partial charge in [0.15, 0.2) is 5.13 Å². The molecule has 3 aromatic rings. The number of carbonyl (C=O) groups is 1. The minimum atomic E-state index is -3.57. The lowest BCUT2D eigenvalue weighted by molar-refractivity contribution is 0.0730. The minimum Gasteiger partial charge on any atom is -0.379 e. The topological polar surface area (TPSA) is 88.6 Å². The van der Waals surface area contributed by atoms with E-state index in [0.717, 1.165) is 15.8 Å². The third-order valence-corrected chi connectivity index (χ3v) is 7.34. The van der Waals surface area contributed by atoms with E-state index in [4.69, 9.17) is 4.74 Å². The number of morpholine rings is 1. The van der Waals surface area contributed by atoms with Gasteiger partial charge in [-0.1, -0.05) is 17.4 Å². The van der Waals surface area contributed by atoms with Crippen LogP contribution in [-0.2, 0) is 14.8 Å². The molecule has 9 heteroatoms. The van der Waals surface area contributed by atoms with Crippen molar-refractivity contribution in [2.75, 3.05) is 31.6 Å². The summed E-state index contributed by atoms with van der Waals surface area (Å²) in [5.41, 5.74) is 2.33. The number of nitrogens with one attached hydrogen (secondary N) is 1. The number of amides is 1. The Labute approximate surface area is 167 Å². The van der Waals surface area contributed by atoms with E-state index >= 15 is 0 Å². The molecule has 28 heavy (non-hydrogen) atoms. The molecule has 1 amide bonds. The van der Waals surface area contributed by atoms with Crippen molar-refractivity contribution in [3.63, 3.8) is 0 Å². The number of anilines is 1. The van der Waals surface area contributed by atoms with E-state index in [2.05, 4.69) is 10.3 Å². The fraction of sp³-hybridized carbons (Fsp3) is 0.263. The molecule has 0 unspecified atom stereocenters. The van der Waals surface area contributed by atoms with Gasteiger partial charge in [0.05, 0.1) is 28.3 Å². The van der Waals surface area contributed by atoms with Crippen LogP contribution in [0.25, 0.3) is 10.2 Å². The van der Waals surface area contributed by atoms with Crippen LogP contribution in [-0.4, -0.2) is 49.9 Å². The zero-order valence-electron chi connectivity index (χ0n) is 15.2. The van der Waals surface area contributed by atoms with E-state index in [1.807, 2.05) is 25.1 Å². The summed E-state index contributed by atoms with van der Waals surface area (Å²) in [5.74, 6) is -0.328. The van der Waals surface area contributed by atoms with Crippen molar-refractivity contribution in [2.24, 2.45) is 0 Å². The molecular weight excluding hydrogens is 398 g/mol. The first kappa shape index (κ1) is 19.0. The number of rotatable bonds is 4. The molecule has 7 nitrogen and oxygen atoms in total. The van der Waals surface area contributed by atoms with Crippen LogP contribution in [0.1, 0.15) is 15.9 Å². The fourth-order valence-electron chi connectivity index (χ4n) is 2.97. The summed E-state index contributed by atoms with van der Waals surface area (Å²) in [5, 5.41) is 3.29. The van der Waals surface area contributed by atoms with E-state index in [0.29, 0.717) is 37.0 Å². The second kappa shape index (κ2) is 7.59. The van der Waals surface area contributed by atoms with Crippen molar-refractivity contribution in [1.82, 2.24) is 9.29 Å². The lowest BCUT2D eigenvalue weighted by Gasteiger charge is -2.26. The number of benzene rings is 2. The van der Waals surface area contributed by atoms with E-state index in [9.17, 15) is 13.2 Å². The number of ether oxygens (including phenoxy) is 1. The van der Waals surface area contributed by atoms with Gasteiger partial charge >= 0.3 is 0 Å². The van der Waals surface area contributed by atoms with Crippen molar-refractivity contribution >= 4 is 42.6 Å². The summed E-state index contributed by atoms with van der Waals surface area (Å²) in [7, 11) is -3.57. The predicted molar refractivity (Wildman–Crippen MR) is 108 cm³/mol. The summed E-state index contributed by atoms with van der Waals surface area (Å²) < 4.78 is 32.9. The molecular formula is C19H19N3O4S2. The van der Waals surface area contributed by atoms with E-state index in [1.54, 1.807) is 0 Å². The Kier molecular flexibility index (Phi) is 5.15. The number of hydrogen-bond donors (Lipinski definition) is 1. The molecule has 1 N–H and O–H groups in total. The fourth-order valence-corrected chi connectivity index (χ4v) is 5.34. The van der Waals surface area contributed by atoms with Crippen LogP contribution < -0.4 is 5.32 Å². The summed E-state index contributed by atoms with van der Waals surface area (Å²) >= 11 is 1.40. The zero-order chi connectivity index (χ0) is 19.7. The highest BCUT2D eigenvalue weighted by molar-refractivity contribution is 7.89. The van der Waals surface area contributed by atoms with Gasteiger partial charge in [0, 0.05) is 18.7 Å². The minimum absolute atomic E-state index is 0.168. The number of thiazole rings is 1. The number of fused-ring (bicyclic) bond motifs is 1. The molecule has 2 heterocycles. The third kappa shape index (κ3) is 3.79. The molecule has 0 saturated carbocycles. The molecule has 2 aromatic carbocycles. The molecule has 1 aliphatic rings. The molecule has 0 aliphatic carbocycles.